The number of methoxy groups -OCH3 is 1. The molecule has 0 fully saturated rings. The third kappa shape index (κ3) is 8.59. The van der Waals surface area contributed by atoms with Crippen molar-refractivity contribution < 1.29 is 14.2 Å². The van der Waals surface area contributed by atoms with Crippen LogP contribution in [0.15, 0.2) is 29.3 Å². The zero-order valence-electron chi connectivity index (χ0n) is 17.5. The zero-order chi connectivity index (χ0) is 19.9. The highest BCUT2D eigenvalue weighted by Crippen LogP contribution is 2.32. The maximum atomic E-state index is 6.17. The Hall–Kier alpha value is -1.63. The van der Waals surface area contributed by atoms with Crippen LogP contribution in [0, 0.1) is 0 Å². The van der Waals surface area contributed by atoms with Crippen LogP contribution in [0.4, 0.5) is 0 Å². The molecule has 0 saturated carbocycles. The van der Waals surface area contributed by atoms with Crippen LogP contribution >= 0.6 is 0 Å². The molecule has 0 aromatic heterocycles. The lowest BCUT2D eigenvalue weighted by molar-refractivity contribution is 0.0398. The number of aliphatic imine (C=N–C) groups is 1. The van der Waals surface area contributed by atoms with E-state index in [-0.39, 0.29) is 6.10 Å². The van der Waals surface area contributed by atoms with E-state index in [4.69, 9.17) is 14.2 Å². The molecule has 6 nitrogen and oxygen atoms in total. The van der Waals surface area contributed by atoms with Gasteiger partial charge in [0.2, 0.25) is 0 Å². The van der Waals surface area contributed by atoms with E-state index in [0.717, 1.165) is 51.5 Å². The molecule has 28 heavy (non-hydrogen) atoms. The molecule has 1 atom stereocenters. The van der Waals surface area contributed by atoms with Gasteiger partial charge < -0.3 is 24.8 Å². The highest BCUT2D eigenvalue weighted by molar-refractivity contribution is 5.79. The fourth-order valence-corrected chi connectivity index (χ4v) is 3.33. The van der Waals surface area contributed by atoms with E-state index < -0.39 is 0 Å². The van der Waals surface area contributed by atoms with E-state index in [1.54, 1.807) is 7.11 Å². The van der Waals surface area contributed by atoms with Gasteiger partial charge in [-0.1, -0.05) is 24.3 Å². The maximum Gasteiger partial charge on any atom is 0.191 e. The lowest BCUT2D eigenvalue weighted by atomic mass is 9.89. The van der Waals surface area contributed by atoms with Crippen molar-refractivity contribution >= 4 is 5.96 Å². The molecule has 6 heteroatoms. The first-order valence-electron chi connectivity index (χ1n) is 10.6. The predicted molar refractivity (Wildman–Crippen MR) is 114 cm³/mol. The Bertz CT molecular complexity index is 566. The van der Waals surface area contributed by atoms with E-state index in [1.165, 1.54) is 24.0 Å². The highest BCUT2D eigenvalue weighted by Gasteiger charge is 2.19. The van der Waals surface area contributed by atoms with Crippen LogP contribution in [-0.2, 0) is 20.6 Å². The molecule has 1 aliphatic rings. The van der Waals surface area contributed by atoms with E-state index in [2.05, 4.69) is 46.8 Å². The summed E-state index contributed by atoms with van der Waals surface area (Å²) in [5, 5.41) is 6.67. The highest BCUT2D eigenvalue weighted by atomic mass is 16.5. The second-order valence-corrected chi connectivity index (χ2v) is 6.95. The molecular formula is C22H37N3O3. The van der Waals surface area contributed by atoms with Crippen LogP contribution in [0.25, 0.3) is 0 Å². The normalized spacial score (nSPS) is 16.6. The van der Waals surface area contributed by atoms with Gasteiger partial charge in [0.15, 0.2) is 5.96 Å². The first kappa shape index (κ1) is 22.7. The number of hydrogen-bond donors (Lipinski definition) is 2. The summed E-state index contributed by atoms with van der Waals surface area (Å²) in [5.41, 5.74) is 2.83. The molecule has 1 unspecified atom stereocenters. The SMILES string of the molecule is CCNC(=NCCCOCCOC)NCCCOC1CCCc2ccccc21. The summed E-state index contributed by atoms with van der Waals surface area (Å²) in [4.78, 5) is 4.59. The van der Waals surface area contributed by atoms with Gasteiger partial charge in [-0.15, -0.1) is 0 Å². The van der Waals surface area contributed by atoms with Gasteiger partial charge in [0.05, 0.1) is 19.3 Å². The number of hydrogen-bond acceptors (Lipinski definition) is 4. The van der Waals surface area contributed by atoms with Gasteiger partial charge in [-0.25, -0.2) is 0 Å². The van der Waals surface area contributed by atoms with Crippen LogP contribution in [-0.4, -0.2) is 59.1 Å². The average molecular weight is 392 g/mol. The van der Waals surface area contributed by atoms with Crippen LogP contribution in [0.3, 0.4) is 0 Å². The third-order valence-corrected chi connectivity index (χ3v) is 4.74. The number of benzene rings is 1. The molecule has 0 bridgehead atoms. The van der Waals surface area contributed by atoms with Crippen molar-refractivity contribution in [3.05, 3.63) is 35.4 Å². The molecule has 2 N–H and O–H groups in total. The van der Waals surface area contributed by atoms with Crippen LogP contribution in [0.1, 0.15) is 49.8 Å². The summed E-state index contributed by atoms with van der Waals surface area (Å²) in [6, 6.07) is 8.68. The first-order valence-corrected chi connectivity index (χ1v) is 10.6. The number of rotatable bonds is 13. The molecule has 0 saturated heterocycles. The summed E-state index contributed by atoms with van der Waals surface area (Å²) < 4.78 is 16.6. The van der Waals surface area contributed by atoms with E-state index >= 15 is 0 Å². The molecule has 158 valence electrons. The fourth-order valence-electron chi connectivity index (χ4n) is 3.33. The van der Waals surface area contributed by atoms with Gasteiger partial charge in [0, 0.05) is 40.0 Å². The van der Waals surface area contributed by atoms with Crippen molar-refractivity contribution in [1.29, 1.82) is 0 Å². The zero-order valence-corrected chi connectivity index (χ0v) is 17.5. The van der Waals surface area contributed by atoms with Crippen molar-refractivity contribution in [2.24, 2.45) is 4.99 Å². The Labute approximate surface area is 170 Å². The topological polar surface area (TPSA) is 64.1 Å². The Morgan fingerprint density at radius 3 is 2.86 bits per heavy atom. The van der Waals surface area contributed by atoms with Gasteiger partial charge in [-0.2, -0.15) is 0 Å². The molecule has 1 aromatic carbocycles. The summed E-state index contributed by atoms with van der Waals surface area (Å²) in [6.45, 7) is 7.29. The molecule has 2 rings (SSSR count). The van der Waals surface area contributed by atoms with E-state index in [9.17, 15) is 0 Å². The number of fused-ring (bicyclic) bond motifs is 1. The van der Waals surface area contributed by atoms with Crippen molar-refractivity contribution in [2.45, 2.75) is 45.1 Å². The second kappa shape index (κ2) is 14.4. The molecule has 1 aliphatic carbocycles. The van der Waals surface area contributed by atoms with E-state index in [0.29, 0.717) is 19.8 Å². The molecule has 0 aliphatic heterocycles. The van der Waals surface area contributed by atoms with Crippen molar-refractivity contribution in [3.8, 4) is 0 Å². The van der Waals surface area contributed by atoms with Gasteiger partial charge >= 0.3 is 0 Å². The molecule has 1 aromatic rings. The first-order chi connectivity index (χ1) is 13.8. The van der Waals surface area contributed by atoms with Crippen LogP contribution in [0.5, 0.6) is 0 Å². The minimum atomic E-state index is 0.255. The summed E-state index contributed by atoms with van der Waals surface area (Å²) >= 11 is 0. The Kier molecular flexibility index (Phi) is 11.6. The molecule has 0 heterocycles. The van der Waals surface area contributed by atoms with Crippen molar-refractivity contribution in [3.63, 3.8) is 0 Å². The van der Waals surface area contributed by atoms with Gasteiger partial charge in [0.25, 0.3) is 0 Å². The lowest BCUT2D eigenvalue weighted by Crippen LogP contribution is -2.38. The lowest BCUT2D eigenvalue weighted by Gasteiger charge is -2.25. The number of aryl methyl sites for hydroxylation is 1. The predicted octanol–water partition coefficient (Wildman–Crippen LogP) is 3.08. The number of nitrogens with one attached hydrogen (secondary N) is 2. The van der Waals surface area contributed by atoms with Crippen LogP contribution < -0.4 is 10.6 Å². The van der Waals surface area contributed by atoms with Crippen molar-refractivity contribution in [2.75, 3.05) is 53.2 Å². The monoisotopic (exact) mass is 391 g/mol. The van der Waals surface area contributed by atoms with Crippen LogP contribution in [0.2, 0.25) is 0 Å². The van der Waals surface area contributed by atoms with Gasteiger partial charge in [0.1, 0.15) is 0 Å². The largest absolute Gasteiger partial charge is 0.382 e. The smallest absolute Gasteiger partial charge is 0.191 e. The fraction of sp³-hybridized carbons (Fsp3) is 0.682. The number of ether oxygens (including phenoxy) is 3. The summed E-state index contributed by atoms with van der Waals surface area (Å²) in [5.74, 6) is 0.863. The summed E-state index contributed by atoms with van der Waals surface area (Å²) in [6.07, 6.45) is 5.64. The third-order valence-electron chi connectivity index (χ3n) is 4.74. The molecule has 0 spiro atoms. The quantitative estimate of drug-likeness (QED) is 0.307. The Balaban J connectivity index is 1.60. The molecule has 0 radical (unpaired) electrons. The minimum Gasteiger partial charge on any atom is -0.382 e. The Morgan fingerprint density at radius 2 is 2.00 bits per heavy atom. The molecular weight excluding hydrogens is 354 g/mol. The van der Waals surface area contributed by atoms with Gasteiger partial charge in [-0.05, 0) is 50.2 Å². The Morgan fingerprint density at radius 1 is 1.11 bits per heavy atom. The maximum absolute atomic E-state index is 6.17. The summed E-state index contributed by atoms with van der Waals surface area (Å²) in [7, 11) is 1.68. The minimum absolute atomic E-state index is 0.255. The molecule has 0 amide bonds. The number of nitrogens with zero attached hydrogens (tertiary/aromatic N) is 1. The standard InChI is InChI=1S/C22H37N3O3/c1-3-23-22(24-13-7-15-27-18-17-26-2)25-14-8-16-28-21-12-6-10-19-9-4-5-11-20(19)21/h4-5,9,11,21H,3,6-8,10,12-18H2,1-2H3,(H2,23,24,25). The average Bonchev–Trinajstić information content (AvgIpc) is 2.73. The van der Waals surface area contributed by atoms with E-state index in [1.807, 2.05) is 0 Å². The second-order valence-electron chi connectivity index (χ2n) is 6.95. The van der Waals surface area contributed by atoms with Crippen molar-refractivity contribution in [1.82, 2.24) is 10.6 Å². The van der Waals surface area contributed by atoms with Gasteiger partial charge in [-0.3, -0.25) is 4.99 Å². The number of guanidine groups is 1.